The minimum Gasteiger partial charge on any atom is -0.448 e. The van der Waals surface area contributed by atoms with Gasteiger partial charge in [0.15, 0.2) is 11.9 Å². The van der Waals surface area contributed by atoms with Gasteiger partial charge < -0.3 is 10.1 Å². The van der Waals surface area contributed by atoms with Crippen molar-refractivity contribution in [1.82, 2.24) is 9.97 Å². The van der Waals surface area contributed by atoms with Gasteiger partial charge >= 0.3 is 5.97 Å². The molecule has 3 aromatic rings. The molecule has 1 amide bonds. The molecule has 7 nitrogen and oxygen atoms in total. The number of ketones is 1. The van der Waals surface area contributed by atoms with Crippen molar-refractivity contribution < 1.29 is 19.1 Å². The molecule has 0 aliphatic carbocycles. The van der Waals surface area contributed by atoms with E-state index < -0.39 is 18.0 Å². The number of rotatable bonds is 6. The zero-order valence-corrected chi connectivity index (χ0v) is 16.9. The number of aryl methyl sites for hydroxylation is 1. The lowest BCUT2D eigenvalue weighted by Crippen LogP contribution is -2.30. The van der Waals surface area contributed by atoms with Crippen LogP contribution >= 0.6 is 11.3 Å². The van der Waals surface area contributed by atoms with E-state index in [1.807, 2.05) is 6.07 Å². The fourth-order valence-corrected chi connectivity index (χ4v) is 3.44. The highest BCUT2D eigenvalue weighted by Crippen LogP contribution is 2.27. The zero-order chi connectivity index (χ0) is 21.0. The van der Waals surface area contributed by atoms with Crippen LogP contribution in [0.3, 0.4) is 0 Å². The summed E-state index contributed by atoms with van der Waals surface area (Å²) in [6, 6.07) is 12.0. The van der Waals surface area contributed by atoms with E-state index in [-0.39, 0.29) is 5.78 Å². The van der Waals surface area contributed by atoms with Crippen LogP contribution in [0.1, 0.15) is 39.6 Å². The van der Waals surface area contributed by atoms with Crippen molar-refractivity contribution in [3.05, 3.63) is 64.8 Å². The second-order valence-corrected chi connectivity index (χ2v) is 7.32. The van der Waals surface area contributed by atoms with Crippen LogP contribution in [0.4, 0.5) is 5.69 Å². The third kappa shape index (κ3) is 4.91. The van der Waals surface area contributed by atoms with E-state index in [9.17, 15) is 14.4 Å². The summed E-state index contributed by atoms with van der Waals surface area (Å²) in [6.07, 6.45) is 0.626. The molecular weight excluding hydrogens is 390 g/mol. The predicted octanol–water partition coefficient (Wildman–Crippen LogP) is 3.90. The number of Topliss-reactive ketones (excluding diaryl/α,β-unsaturated/α-hetero) is 1. The summed E-state index contributed by atoms with van der Waals surface area (Å²) in [5.74, 6) is -1.22. The number of ether oxygens (including phenoxy) is 1. The molecule has 0 saturated carbocycles. The predicted molar refractivity (Wildman–Crippen MR) is 110 cm³/mol. The first-order valence-corrected chi connectivity index (χ1v) is 9.68. The van der Waals surface area contributed by atoms with Crippen LogP contribution in [0.2, 0.25) is 0 Å². The SMILES string of the molecule is CC(=O)c1cccc(NC(=O)[C@@H](C)OC(=O)c2sc(-c3ccccn3)nc2C)c1. The lowest BCUT2D eigenvalue weighted by atomic mass is 10.1. The van der Waals surface area contributed by atoms with E-state index in [0.717, 1.165) is 0 Å². The Hall–Kier alpha value is -3.39. The maximum absolute atomic E-state index is 12.5. The summed E-state index contributed by atoms with van der Waals surface area (Å²) in [5, 5.41) is 3.25. The van der Waals surface area contributed by atoms with Gasteiger partial charge in [0.05, 0.1) is 11.4 Å². The smallest absolute Gasteiger partial charge is 0.351 e. The Labute approximate surface area is 171 Å². The Balaban J connectivity index is 1.67. The van der Waals surface area contributed by atoms with Crippen LogP contribution in [0.25, 0.3) is 10.7 Å². The second kappa shape index (κ2) is 8.74. The number of pyridine rings is 1. The van der Waals surface area contributed by atoms with E-state index in [1.165, 1.54) is 25.2 Å². The molecule has 1 N–H and O–H groups in total. The lowest BCUT2D eigenvalue weighted by molar-refractivity contribution is -0.123. The van der Waals surface area contributed by atoms with Gasteiger partial charge in [-0.1, -0.05) is 18.2 Å². The molecule has 1 atom stereocenters. The van der Waals surface area contributed by atoms with E-state index >= 15 is 0 Å². The lowest BCUT2D eigenvalue weighted by Gasteiger charge is -2.13. The molecule has 3 rings (SSSR count). The molecule has 0 bridgehead atoms. The highest BCUT2D eigenvalue weighted by molar-refractivity contribution is 7.17. The van der Waals surface area contributed by atoms with Crippen LogP contribution in [0.15, 0.2) is 48.7 Å². The van der Waals surface area contributed by atoms with Crippen LogP contribution < -0.4 is 5.32 Å². The number of hydrogen-bond donors (Lipinski definition) is 1. The first-order valence-electron chi connectivity index (χ1n) is 8.87. The van der Waals surface area contributed by atoms with Crippen molar-refractivity contribution in [3.63, 3.8) is 0 Å². The molecular formula is C21H19N3O4S. The van der Waals surface area contributed by atoms with Gasteiger partial charge in [0.2, 0.25) is 0 Å². The van der Waals surface area contributed by atoms with Crippen molar-refractivity contribution in [3.8, 4) is 10.7 Å². The number of nitrogens with one attached hydrogen (secondary N) is 1. The number of aromatic nitrogens is 2. The number of anilines is 1. The van der Waals surface area contributed by atoms with Crippen LogP contribution in [0, 0.1) is 6.92 Å². The third-order valence-corrected chi connectivity index (χ3v) is 5.22. The average Bonchev–Trinajstić information content (AvgIpc) is 3.10. The Morgan fingerprint density at radius 3 is 2.62 bits per heavy atom. The fourth-order valence-electron chi connectivity index (χ4n) is 2.51. The number of nitrogens with zero attached hydrogens (tertiary/aromatic N) is 2. The first-order chi connectivity index (χ1) is 13.8. The molecule has 2 heterocycles. The molecule has 29 heavy (non-hydrogen) atoms. The minimum absolute atomic E-state index is 0.107. The van der Waals surface area contributed by atoms with E-state index in [0.29, 0.717) is 32.5 Å². The van der Waals surface area contributed by atoms with Gasteiger partial charge in [-0.2, -0.15) is 0 Å². The quantitative estimate of drug-likeness (QED) is 0.490. The number of benzene rings is 1. The normalized spacial score (nSPS) is 11.6. The molecule has 0 aliphatic heterocycles. The van der Waals surface area contributed by atoms with Crippen molar-refractivity contribution in [2.24, 2.45) is 0 Å². The highest BCUT2D eigenvalue weighted by Gasteiger charge is 2.23. The Bertz CT molecular complexity index is 1060. The number of amides is 1. The van der Waals surface area contributed by atoms with Crippen molar-refractivity contribution in [1.29, 1.82) is 0 Å². The Morgan fingerprint density at radius 1 is 1.14 bits per heavy atom. The first kappa shape index (κ1) is 20.3. The van der Waals surface area contributed by atoms with E-state index in [2.05, 4.69) is 15.3 Å². The summed E-state index contributed by atoms with van der Waals surface area (Å²) in [5.41, 5.74) is 2.12. The minimum atomic E-state index is -1.02. The van der Waals surface area contributed by atoms with Gasteiger partial charge in [-0.05, 0) is 45.0 Å². The van der Waals surface area contributed by atoms with Crippen LogP contribution in [-0.4, -0.2) is 33.7 Å². The summed E-state index contributed by atoms with van der Waals surface area (Å²) in [4.78, 5) is 45.3. The molecule has 0 fully saturated rings. The van der Waals surface area contributed by atoms with Gasteiger partial charge in [0, 0.05) is 17.4 Å². The maximum Gasteiger partial charge on any atom is 0.351 e. The Kier molecular flexibility index (Phi) is 6.13. The number of thiazole rings is 1. The maximum atomic E-state index is 12.5. The van der Waals surface area contributed by atoms with Crippen LogP contribution in [0.5, 0.6) is 0 Å². The van der Waals surface area contributed by atoms with Gasteiger partial charge in [-0.15, -0.1) is 11.3 Å². The fraction of sp³-hybridized carbons (Fsp3) is 0.190. The molecule has 148 valence electrons. The van der Waals surface area contributed by atoms with Gasteiger partial charge in [-0.25, -0.2) is 9.78 Å². The zero-order valence-electron chi connectivity index (χ0n) is 16.1. The third-order valence-electron chi connectivity index (χ3n) is 4.06. The monoisotopic (exact) mass is 409 g/mol. The molecule has 2 aromatic heterocycles. The molecule has 0 saturated heterocycles. The van der Waals surface area contributed by atoms with Crippen molar-refractivity contribution in [2.75, 3.05) is 5.32 Å². The number of carbonyl (C=O) groups is 3. The standard InChI is InChI=1S/C21H19N3O4S/c1-12-18(29-20(23-12)17-9-4-5-10-22-17)21(27)28-14(3)19(26)24-16-8-6-7-15(11-16)13(2)25/h4-11,14H,1-3H3,(H,24,26)/t14-/m1/s1. The summed E-state index contributed by atoms with van der Waals surface area (Å²) < 4.78 is 5.31. The summed E-state index contributed by atoms with van der Waals surface area (Å²) in [7, 11) is 0. The topological polar surface area (TPSA) is 98.2 Å². The largest absolute Gasteiger partial charge is 0.448 e. The van der Waals surface area contributed by atoms with Gasteiger partial charge in [0.1, 0.15) is 9.88 Å². The Morgan fingerprint density at radius 2 is 1.93 bits per heavy atom. The highest BCUT2D eigenvalue weighted by atomic mass is 32.1. The van der Waals surface area contributed by atoms with Crippen molar-refractivity contribution in [2.45, 2.75) is 26.9 Å². The van der Waals surface area contributed by atoms with Crippen molar-refractivity contribution >= 4 is 34.7 Å². The molecule has 0 spiro atoms. The average molecular weight is 409 g/mol. The molecule has 1 aromatic carbocycles. The number of esters is 1. The molecule has 0 radical (unpaired) electrons. The molecule has 0 aliphatic rings. The molecule has 8 heteroatoms. The van der Waals surface area contributed by atoms with E-state index in [1.54, 1.807) is 49.5 Å². The van der Waals surface area contributed by atoms with Crippen LogP contribution in [-0.2, 0) is 9.53 Å². The molecule has 0 unspecified atom stereocenters. The van der Waals surface area contributed by atoms with Gasteiger partial charge in [0.25, 0.3) is 5.91 Å². The number of hydrogen-bond acceptors (Lipinski definition) is 7. The van der Waals surface area contributed by atoms with Gasteiger partial charge in [-0.3, -0.25) is 14.6 Å². The summed E-state index contributed by atoms with van der Waals surface area (Å²) in [6.45, 7) is 4.64. The summed E-state index contributed by atoms with van der Waals surface area (Å²) >= 11 is 1.17. The van der Waals surface area contributed by atoms with E-state index in [4.69, 9.17) is 4.74 Å². The second-order valence-electron chi connectivity index (χ2n) is 6.32. The number of carbonyl (C=O) groups excluding carboxylic acids is 3.